The molecule has 0 heterocycles. The number of hydrogen-bond acceptors (Lipinski definition) is 2. The van der Waals surface area contributed by atoms with E-state index >= 15 is 0 Å². The van der Waals surface area contributed by atoms with Crippen LogP contribution in [0.25, 0.3) is 0 Å². The fraction of sp³-hybridized carbons (Fsp3) is 0.941. The molecule has 1 atom stereocenters. The predicted octanol–water partition coefficient (Wildman–Crippen LogP) is 4.18. The summed E-state index contributed by atoms with van der Waals surface area (Å²) < 4.78 is 0. The van der Waals surface area contributed by atoms with Crippen LogP contribution < -0.4 is 5.32 Å². The van der Waals surface area contributed by atoms with Crippen LogP contribution in [0.5, 0.6) is 0 Å². The Balaban J connectivity index is 3.23. The zero-order chi connectivity index (χ0) is 15.1. The van der Waals surface area contributed by atoms with E-state index in [4.69, 9.17) is 0 Å². The molecule has 1 amide bonds. The molecule has 20 heavy (non-hydrogen) atoms. The van der Waals surface area contributed by atoms with E-state index in [1.807, 2.05) is 6.92 Å². The van der Waals surface area contributed by atoms with E-state index in [0.29, 0.717) is 13.0 Å². The first-order valence-electron chi connectivity index (χ1n) is 8.65. The number of rotatable bonds is 14. The van der Waals surface area contributed by atoms with Gasteiger partial charge in [-0.25, -0.2) is 0 Å². The third-order valence-corrected chi connectivity index (χ3v) is 3.66. The molecule has 0 aliphatic rings. The van der Waals surface area contributed by atoms with Crippen molar-refractivity contribution in [1.29, 1.82) is 0 Å². The number of hydrogen-bond donors (Lipinski definition) is 2. The van der Waals surface area contributed by atoms with E-state index in [2.05, 4.69) is 12.2 Å². The van der Waals surface area contributed by atoms with Crippen LogP contribution >= 0.6 is 0 Å². The number of aliphatic hydroxyl groups excluding tert-OH is 1. The summed E-state index contributed by atoms with van der Waals surface area (Å²) in [6.07, 6.45) is 13.4. The molecule has 0 rings (SSSR count). The molecule has 0 aliphatic carbocycles. The Morgan fingerprint density at radius 1 is 0.900 bits per heavy atom. The largest absolute Gasteiger partial charge is 0.391 e. The van der Waals surface area contributed by atoms with Gasteiger partial charge in [-0.3, -0.25) is 4.79 Å². The number of carbonyl (C=O) groups excluding carboxylic acids is 1. The molecule has 1 unspecified atom stereocenters. The predicted molar refractivity (Wildman–Crippen MR) is 85.8 cm³/mol. The number of carbonyl (C=O) groups is 1. The second-order valence-corrected chi connectivity index (χ2v) is 5.83. The lowest BCUT2D eigenvalue weighted by Gasteiger charge is -2.10. The van der Waals surface area contributed by atoms with Gasteiger partial charge in [-0.15, -0.1) is 0 Å². The molecular formula is C17H35NO2. The van der Waals surface area contributed by atoms with Gasteiger partial charge in [0.05, 0.1) is 6.10 Å². The van der Waals surface area contributed by atoms with Gasteiger partial charge in [0.15, 0.2) is 0 Å². The number of nitrogens with one attached hydrogen (secondary N) is 1. The third kappa shape index (κ3) is 13.9. The molecule has 3 heteroatoms. The van der Waals surface area contributed by atoms with Crippen LogP contribution in [0.1, 0.15) is 90.9 Å². The summed E-state index contributed by atoms with van der Waals surface area (Å²) in [5.41, 5.74) is 0. The van der Waals surface area contributed by atoms with Crippen LogP contribution in [0.3, 0.4) is 0 Å². The Bertz CT molecular complexity index is 219. The van der Waals surface area contributed by atoms with Crippen LogP contribution in [0.15, 0.2) is 0 Å². The fourth-order valence-corrected chi connectivity index (χ4v) is 2.35. The normalized spacial score (nSPS) is 12.3. The van der Waals surface area contributed by atoms with Gasteiger partial charge >= 0.3 is 0 Å². The summed E-state index contributed by atoms with van der Waals surface area (Å²) in [6, 6.07) is 0. The van der Waals surface area contributed by atoms with Gasteiger partial charge in [-0.05, 0) is 12.8 Å². The van der Waals surface area contributed by atoms with E-state index in [9.17, 15) is 9.90 Å². The van der Waals surface area contributed by atoms with Gasteiger partial charge in [0.25, 0.3) is 0 Å². The number of unbranched alkanes of at least 4 members (excludes halogenated alkanes) is 8. The van der Waals surface area contributed by atoms with Gasteiger partial charge in [0.1, 0.15) is 0 Å². The lowest BCUT2D eigenvalue weighted by Crippen LogP contribution is -2.31. The van der Waals surface area contributed by atoms with Crippen LogP contribution in [-0.2, 0) is 4.79 Å². The minimum Gasteiger partial charge on any atom is -0.391 e. The minimum absolute atomic E-state index is 0.0862. The first-order chi connectivity index (χ1) is 9.70. The van der Waals surface area contributed by atoms with Crippen molar-refractivity contribution in [1.82, 2.24) is 5.32 Å². The molecule has 0 radical (unpaired) electrons. The topological polar surface area (TPSA) is 49.3 Å². The van der Waals surface area contributed by atoms with Gasteiger partial charge in [-0.1, -0.05) is 71.6 Å². The highest BCUT2D eigenvalue weighted by atomic mass is 16.3. The maximum atomic E-state index is 11.5. The SMILES string of the molecule is CCCCCCCCCCCC(=O)NCC(O)CCC. The maximum absolute atomic E-state index is 11.5. The molecule has 0 bridgehead atoms. The maximum Gasteiger partial charge on any atom is 0.220 e. The van der Waals surface area contributed by atoms with Crippen LogP contribution in [0, 0.1) is 0 Å². The van der Waals surface area contributed by atoms with E-state index < -0.39 is 0 Å². The summed E-state index contributed by atoms with van der Waals surface area (Å²) in [4.78, 5) is 11.5. The molecule has 3 nitrogen and oxygen atoms in total. The van der Waals surface area contributed by atoms with Crippen molar-refractivity contribution in [3.8, 4) is 0 Å². The molecule has 0 aromatic rings. The highest BCUT2D eigenvalue weighted by Crippen LogP contribution is 2.10. The lowest BCUT2D eigenvalue weighted by atomic mass is 10.1. The molecule has 0 aromatic heterocycles. The van der Waals surface area contributed by atoms with E-state index in [1.165, 1.54) is 44.9 Å². The van der Waals surface area contributed by atoms with Gasteiger partial charge < -0.3 is 10.4 Å². The van der Waals surface area contributed by atoms with E-state index in [1.54, 1.807) is 0 Å². The second kappa shape index (κ2) is 14.8. The van der Waals surface area contributed by atoms with E-state index in [-0.39, 0.29) is 12.0 Å². The Morgan fingerprint density at radius 3 is 2.00 bits per heavy atom. The molecular weight excluding hydrogens is 250 g/mol. The Kier molecular flexibility index (Phi) is 14.4. The van der Waals surface area contributed by atoms with Crippen molar-refractivity contribution >= 4 is 5.91 Å². The number of aliphatic hydroxyl groups is 1. The van der Waals surface area contributed by atoms with Crippen molar-refractivity contribution in [2.45, 2.75) is 97.0 Å². The van der Waals surface area contributed by atoms with Crippen molar-refractivity contribution in [2.75, 3.05) is 6.54 Å². The van der Waals surface area contributed by atoms with Crippen molar-refractivity contribution in [2.24, 2.45) is 0 Å². The molecule has 0 fully saturated rings. The summed E-state index contributed by atoms with van der Waals surface area (Å²) >= 11 is 0. The Morgan fingerprint density at radius 2 is 1.45 bits per heavy atom. The van der Waals surface area contributed by atoms with Crippen molar-refractivity contribution in [3.63, 3.8) is 0 Å². The van der Waals surface area contributed by atoms with Crippen molar-refractivity contribution < 1.29 is 9.90 Å². The van der Waals surface area contributed by atoms with E-state index in [0.717, 1.165) is 25.7 Å². The molecule has 0 saturated carbocycles. The van der Waals surface area contributed by atoms with Gasteiger partial charge in [0.2, 0.25) is 5.91 Å². The van der Waals surface area contributed by atoms with Crippen LogP contribution in [-0.4, -0.2) is 23.7 Å². The molecule has 0 saturated heterocycles. The standard InChI is InChI=1S/C17H35NO2/c1-3-5-6-7-8-9-10-11-12-14-17(20)18-15-16(19)13-4-2/h16,19H,3-15H2,1-2H3,(H,18,20). The third-order valence-electron chi connectivity index (χ3n) is 3.66. The average Bonchev–Trinajstić information content (AvgIpc) is 2.43. The van der Waals surface area contributed by atoms with Gasteiger partial charge in [-0.2, -0.15) is 0 Å². The van der Waals surface area contributed by atoms with Crippen LogP contribution in [0.4, 0.5) is 0 Å². The molecule has 0 aliphatic heterocycles. The lowest BCUT2D eigenvalue weighted by molar-refractivity contribution is -0.121. The molecule has 0 aromatic carbocycles. The molecule has 120 valence electrons. The van der Waals surface area contributed by atoms with Gasteiger partial charge in [0, 0.05) is 13.0 Å². The Hall–Kier alpha value is -0.570. The first-order valence-corrected chi connectivity index (χ1v) is 8.65. The quantitative estimate of drug-likeness (QED) is 0.470. The smallest absolute Gasteiger partial charge is 0.220 e. The Labute approximate surface area is 125 Å². The highest BCUT2D eigenvalue weighted by Gasteiger charge is 2.05. The summed E-state index contributed by atoms with van der Waals surface area (Å²) in [7, 11) is 0. The monoisotopic (exact) mass is 285 g/mol. The highest BCUT2D eigenvalue weighted by molar-refractivity contribution is 5.75. The zero-order valence-electron chi connectivity index (χ0n) is 13.6. The van der Waals surface area contributed by atoms with Crippen molar-refractivity contribution in [3.05, 3.63) is 0 Å². The second-order valence-electron chi connectivity index (χ2n) is 5.83. The summed E-state index contributed by atoms with van der Waals surface area (Å²) in [6.45, 7) is 4.68. The number of amides is 1. The first kappa shape index (κ1) is 19.4. The zero-order valence-corrected chi connectivity index (χ0v) is 13.6. The minimum atomic E-state index is -0.382. The molecule has 2 N–H and O–H groups in total. The van der Waals surface area contributed by atoms with Crippen LogP contribution in [0.2, 0.25) is 0 Å². The summed E-state index contributed by atoms with van der Waals surface area (Å²) in [5.74, 6) is 0.0862. The summed E-state index contributed by atoms with van der Waals surface area (Å²) in [5, 5.41) is 12.3. The fourth-order valence-electron chi connectivity index (χ4n) is 2.35. The molecule has 0 spiro atoms. The average molecular weight is 285 g/mol.